The number of rotatable bonds is 6. The Hall–Kier alpha value is -1.59. The molecule has 1 aromatic carbocycles. The van der Waals surface area contributed by atoms with Crippen LogP contribution in [0.4, 0.5) is 5.69 Å². The quantitative estimate of drug-likeness (QED) is 0.682. The number of anilines is 1. The Morgan fingerprint density at radius 2 is 2.11 bits per heavy atom. The average molecular weight is 270 g/mol. The fourth-order valence-electron chi connectivity index (χ4n) is 1.39. The van der Waals surface area contributed by atoms with E-state index in [9.17, 15) is 9.59 Å². The second-order valence-electron chi connectivity index (χ2n) is 3.71. The number of nitrogens with two attached hydrogens (primary N) is 1. The van der Waals surface area contributed by atoms with Gasteiger partial charge in [-0.3, -0.25) is 9.59 Å². The van der Waals surface area contributed by atoms with Crippen LogP contribution >= 0.6 is 11.6 Å². The summed E-state index contributed by atoms with van der Waals surface area (Å²) in [5, 5.41) is 5.97. The van der Waals surface area contributed by atoms with Crippen molar-refractivity contribution < 1.29 is 9.59 Å². The molecule has 4 N–H and O–H groups in total. The van der Waals surface area contributed by atoms with Crippen molar-refractivity contribution in [1.29, 1.82) is 0 Å². The first-order valence-electron chi connectivity index (χ1n) is 5.64. The number of carbonyl (C=O) groups is 2. The maximum atomic E-state index is 11.5. The largest absolute Gasteiger partial charge is 0.366 e. The first-order chi connectivity index (χ1) is 8.54. The molecule has 98 valence electrons. The summed E-state index contributed by atoms with van der Waals surface area (Å²) in [6, 6.07) is 4.59. The van der Waals surface area contributed by atoms with Gasteiger partial charge in [0.25, 0.3) is 0 Å². The van der Waals surface area contributed by atoms with E-state index in [1.165, 1.54) is 12.1 Å². The molecule has 2 amide bonds. The van der Waals surface area contributed by atoms with Crippen molar-refractivity contribution in [3.63, 3.8) is 0 Å². The Morgan fingerprint density at radius 1 is 1.39 bits per heavy atom. The Labute approximate surface area is 111 Å². The van der Waals surface area contributed by atoms with E-state index < -0.39 is 5.91 Å². The molecule has 0 bridgehead atoms. The lowest BCUT2D eigenvalue weighted by molar-refractivity contribution is -0.116. The number of halogens is 1. The van der Waals surface area contributed by atoms with Gasteiger partial charge in [-0.15, -0.1) is 0 Å². The second-order valence-corrected chi connectivity index (χ2v) is 4.12. The smallest absolute Gasteiger partial charge is 0.250 e. The Morgan fingerprint density at radius 3 is 2.67 bits per heavy atom. The van der Waals surface area contributed by atoms with E-state index in [1.807, 2.05) is 6.92 Å². The molecule has 0 aliphatic heterocycles. The van der Waals surface area contributed by atoms with Crippen LogP contribution in [0.25, 0.3) is 0 Å². The third kappa shape index (κ3) is 4.35. The van der Waals surface area contributed by atoms with Gasteiger partial charge >= 0.3 is 0 Å². The fraction of sp³-hybridized carbons (Fsp3) is 0.333. The Kier molecular flexibility index (Phi) is 5.61. The third-order valence-corrected chi connectivity index (χ3v) is 2.61. The van der Waals surface area contributed by atoms with Crippen LogP contribution in [0.15, 0.2) is 18.2 Å². The molecule has 0 atom stereocenters. The summed E-state index contributed by atoms with van der Waals surface area (Å²) in [5.74, 6) is -0.705. The fourth-order valence-corrected chi connectivity index (χ4v) is 1.67. The molecule has 0 aliphatic rings. The molecule has 1 rings (SSSR count). The molecule has 0 saturated heterocycles. The SMILES string of the molecule is CCNCCC(=O)Nc1ccc(C(N)=O)c(Cl)c1. The summed E-state index contributed by atoms with van der Waals surface area (Å²) in [6.45, 7) is 3.42. The number of carbonyl (C=O) groups excluding carboxylic acids is 2. The number of primary amides is 1. The highest BCUT2D eigenvalue weighted by atomic mass is 35.5. The highest BCUT2D eigenvalue weighted by Crippen LogP contribution is 2.20. The molecule has 0 saturated carbocycles. The van der Waals surface area contributed by atoms with Crippen molar-refractivity contribution in [2.45, 2.75) is 13.3 Å². The van der Waals surface area contributed by atoms with E-state index in [1.54, 1.807) is 6.07 Å². The van der Waals surface area contributed by atoms with Gasteiger partial charge in [-0.2, -0.15) is 0 Å². The van der Waals surface area contributed by atoms with Crippen molar-refractivity contribution in [1.82, 2.24) is 5.32 Å². The van der Waals surface area contributed by atoms with Gasteiger partial charge in [0.1, 0.15) is 0 Å². The zero-order valence-electron chi connectivity index (χ0n) is 10.1. The first kappa shape index (κ1) is 14.5. The minimum Gasteiger partial charge on any atom is -0.366 e. The number of hydrogen-bond donors (Lipinski definition) is 3. The molecule has 0 unspecified atom stereocenters. The van der Waals surface area contributed by atoms with E-state index in [4.69, 9.17) is 17.3 Å². The normalized spacial score (nSPS) is 10.1. The van der Waals surface area contributed by atoms with Crippen LogP contribution in [0.3, 0.4) is 0 Å². The molecular weight excluding hydrogens is 254 g/mol. The van der Waals surface area contributed by atoms with Gasteiger partial charge in [-0.05, 0) is 24.7 Å². The minimum atomic E-state index is -0.593. The lowest BCUT2D eigenvalue weighted by atomic mass is 10.2. The number of amides is 2. The number of hydrogen-bond acceptors (Lipinski definition) is 3. The van der Waals surface area contributed by atoms with Gasteiger partial charge in [0.05, 0.1) is 10.6 Å². The van der Waals surface area contributed by atoms with Crippen LogP contribution in [0.5, 0.6) is 0 Å². The van der Waals surface area contributed by atoms with Gasteiger partial charge in [0.2, 0.25) is 11.8 Å². The molecule has 5 nitrogen and oxygen atoms in total. The maximum Gasteiger partial charge on any atom is 0.250 e. The summed E-state index contributed by atoms with van der Waals surface area (Å²) in [7, 11) is 0. The first-order valence-corrected chi connectivity index (χ1v) is 6.02. The van der Waals surface area contributed by atoms with Crippen LogP contribution in [0, 0.1) is 0 Å². The molecule has 0 fully saturated rings. The van der Waals surface area contributed by atoms with Crippen molar-refractivity contribution in [3.8, 4) is 0 Å². The monoisotopic (exact) mass is 269 g/mol. The molecule has 0 aromatic heterocycles. The van der Waals surface area contributed by atoms with E-state index in [0.717, 1.165) is 6.54 Å². The highest BCUT2D eigenvalue weighted by molar-refractivity contribution is 6.34. The second kappa shape index (κ2) is 6.98. The molecule has 6 heteroatoms. The molecule has 0 heterocycles. The van der Waals surface area contributed by atoms with Gasteiger partial charge in [0, 0.05) is 18.7 Å². The number of benzene rings is 1. The summed E-state index contributed by atoms with van der Waals surface area (Å²) in [4.78, 5) is 22.5. The van der Waals surface area contributed by atoms with Crippen LogP contribution < -0.4 is 16.4 Å². The Bertz CT molecular complexity index is 449. The molecule has 0 radical (unpaired) electrons. The van der Waals surface area contributed by atoms with Crippen LogP contribution in [0.2, 0.25) is 5.02 Å². The van der Waals surface area contributed by atoms with Crippen LogP contribution in [-0.4, -0.2) is 24.9 Å². The predicted octanol–water partition coefficient (Wildman–Crippen LogP) is 1.38. The number of nitrogens with one attached hydrogen (secondary N) is 2. The van der Waals surface area contributed by atoms with Gasteiger partial charge in [-0.25, -0.2) is 0 Å². The zero-order chi connectivity index (χ0) is 13.5. The van der Waals surface area contributed by atoms with Crippen molar-refractivity contribution in [2.24, 2.45) is 5.73 Å². The lowest BCUT2D eigenvalue weighted by Crippen LogP contribution is -2.21. The molecular formula is C12H16ClN3O2. The molecule has 0 aliphatic carbocycles. The van der Waals surface area contributed by atoms with E-state index in [-0.39, 0.29) is 16.5 Å². The van der Waals surface area contributed by atoms with Crippen molar-refractivity contribution >= 4 is 29.1 Å². The topological polar surface area (TPSA) is 84.2 Å². The highest BCUT2D eigenvalue weighted by Gasteiger charge is 2.08. The lowest BCUT2D eigenvalue weighted by Gasteiger charge is -2.07. The molecule has 1 aromatic rings. The zero-order valence-corrected chi connectivity index (χ0v) is 10.9. The van der Waals surface area contributed by atoms with Crippen molar-refractivity contribution in [2.75, 3.05) is 18.4 Å². The summed E-state index contributed by atoms with van der Waals surface area (Å²) >= 11 is 5.87. The van der Waals surface area contributed by atoms with Gasteiger partial charge < -0.3 is 16.4 Å². The third-order valence-electron chi connectivity index (χ3n) is 2.30. The van der Waals surface area contributed by atoms with E-state index in [2.05, 4.69) is 10.6 Å². The van der Waals surface area contributed by atoms with Crippen molar-refractivity contribution in [3.05, 3.63) is 28.8 Å². The van der Waals surface area contributed by atoms with Crippen LogP contribution in [0.1, 0.15) is 23.7 Å². The Balaban J connectivity index is 2.60. The molecule has 0 spiro atoms. The van der Waals surface area contributed by atoms with E-state index >= 15 is 0 Å². The van der Waals surface area contributed by atoms with E-state index in [0.29, 0.717) is 18.7 Å². The standard InChI is InChI=1S/C12H16ClN3O2/c1-2-15-6-5-11(17)16-8-3-4-9(12(14)18)10(13)7-8/h3-4,7,15H,2,5-6H2,1H3,(H2,14,18)(H,16,17). The molecule has 18 heavy (non-hydrogen) atoms. The summed E-state index contributed by atoms with van der Waals surface area (Å²) < 4.78 is 0. The van der Waals surface area contributed by atoms with Crippen LogP contribution in [-0.2, 0) is 4.79 Å². The average Bonchev–Trinajstić information content (AvgIpc) is 2.28. The predicted molar refractivity (Wildman–Crippen MR) is 71.8 cm³/mol. The minimum absolute atomic E-state index is 0.112. The van der Waals surface area contributed by atoms with Gasteiger partial charge in [0.15, 0.2) is 0 Å². The maximum absolute atomic E-state index is 11.5. The summed E-state index contributed by atoms with van der Waals surface area (Å²) in [6.07, 6.45) is 0.378. The van der Waals surface area contributed by atoms with Gasteiger partial charge in [-0.1, -0.05) is 18.5 Å². The summed E-state index contributed by atoms with van der Waals surface area (Å²) in [5.41, 5.74) is 5.91.